The van der Waals surface area contributed by atoms with Crippen LogP contribution in [0.3, 0.4) is 0 Å². The molecular formula is C26H24N6O3S. The Morgan fingerprint density at radius 1 is 0.944 bits per heavy atom. The molecule has 182 valence electrons. The predicted octanol–water partition coefficient (Wildman–Crippen LogP) is 5.61. The largest absolute Gasteiger partial charge is 0.332 e. The highest BCUT2D eigenvalue weighted by Crippen LogP contribution is 2.45. The molecule has 2 heterocycles. The van der Waals surface area contributed by atoms with Crippen LogP contribution in [-0.2, 0) is 9.59 Å². The average molecular weight is 501 g/mol. The summed E-state index contributed by atoms with van der Waals surface area (Å²) in [5.41, 5.74) is 2.72. The number of hydrogen-bond donors (Lipinski definition) is 3. The highest BCUT2D eigenvalue weighted by Gasteiger charge is 2.44. The van der Waals surface area contributed by atoms with Crippen LogP contribution in [0.25, 0.3) is 23.0 Å². The molecule has 2 amide bonds. The van der Waals surface area contributed by atoms with Crippen LogP contribution in [0.5, 0.6) is 0 Å². The van der Waals surface area contributed by atoms with Gasteiger partial charge in [-0.05, 0) is 79.4 Å². The van der Waals surface area contributed by atoms with Crippen molar-refractivity contribution < 1.29 is 14.1 Å². The van der Waals surface area contributed by atoms with Crippen molar-refractivity contribution in [2.75, 3.05) is 15.4 Å². The van der Waals surface area contributed by atoms with Crippen LogP contribution in [0.4, 0.5) is 17.2 Å². The highest BCUT2D eigenvalue weighted by atomic mass is 32.2. The minimum Gasteiger partial charge on any atom is -0.332 e. The first-order valence-corrected chi connectivity index (χ1v) is 12.2. The summed E-state index contributed by atoms with van der Waals surface area (Å²) >= 11 is 1.46. The number of nitrogens with zero attached hydrogens (tertiary/aromatic N) is 3. The van der Waals surface area contributed by atoms with Crippen molar-refractivity contribution in [3.8, 4) is 23.0 Å². The van der Waals surface area contributed by atoms with E-state index in [1.165, 1.54) is 18.9 Å². The topological polar surface area (TPSA) is 122 Å². The van der Waals surface area contributed by atoms with Gasteiger partial charge in [0.25, 0.3) is 5.89 Å². The predicted molar refractivity (Wildman–Crippen MR) is 139 cm³/mol. The fourth-order valence-corrected chi connectivity index (χ4v) is 4.03. The Bertz CT molecular complexity index is 1420. The molecule has 0 saturated heterocycles. The first-order chi connectivity index (χ1) is 17.4. The van der Waals surface area contributed by atoms with Gasteiger partial charge in [0.05, 0.1) is 0 Å². The number of rotatable bonds is 8. The Labute approximate surface area is 212 Å². The summed E-state index contributed by atoms with van der Waals surface area (Å²) in [4.78, 5) is 33.3. The normalized spacial score (nSPS) is 13.6. The Morgan fingerprint density at radius 3 is 2.44 bits per heavy atom. The summed E-state index contributed by atoms with van der Waals surface area (Å²) in [6.45, 7) is 3.41. The van der Waals surface area contributed by atoms with Gasteiger partial charge in [-0.3, -0.25) is 9.59 Å². The molecule has 10 heteroatoms. The van der Waals surface area contributed by atoms with Gasteiger partial charge in [0, 0.05) is 34.2 Å². The maximum atomic E-state index is 12.3. The number of hydrogen-bond acceptors (Lipinski definition) is 8. The van der Waals surface area contributed by atoms with Crippen LogP contribution in [0, 0.1) is 5.41 Å². The van der Waals surface area contributed by atoms with E-state index in [4.69, 9.17) is 4.52 Å². The molecule has 1 saturated carbocycles. The second kappa shape index (κ2) is 9.82. The average Bonchev–Trinajstić information content (AvgIpc) is 3.44. The van der Waals surface area contributed by atoms with E-state index in [-0.39, 0.29) is 23.1 Å². The van der Waals surface area contributed by atoms with Crippen LogP contribution in [-0.4, -0.2) is 26.9 Å². The molecule has 3 N–H and O–H groups in total. The molecule has 0 aliphatic heterocycles. The summed E-state index contributed by atoms with van der Waals surface area (Å²) < 4.78 is 8.69. The molecule has 2 aromatic carbocycles. The molecule has 9 nitrogen and oxygen atoms in total. The third-order valence-electron chi connectivity index (χ3n) is 5.77. The van der Waals surface area contributed by atoms with Gasteiger partial charge in [-0.2, -0.15) is 4.98 Å². The molecule has 0 spiro atoms. The molecule has 1 aliphatic carbocycles. The smallest absolute Gasteiger partial charge is 0.276 e. The number of amides is 2. The molecular weight excluding hydrogens is 476 g/mol. The van der Waals surface area contributed by atoms with Gasteiger partial charge in [-0.25, -0.2) is 4.98 Å². The molecule has 1 fully saturated rings. The summed E-state index contributed by atoms with van der Waals surface area (Å²) in [6, 6.07) is 20.6. The van der Waals surface area contributed by atoms with Gasteiger partial charge >= 0.3 is 0 Å². The zero-order valence-electron chi connectivity index (χ0n) is 19.7. The molecule has 1 aliphatic rings. The Morgan fingerprint density at radius 2 is 1.69 bits per heavy atom. The molecule has 0 bridgehead atoms. The first kappa shape index (κ1) is 23.6. The third-order valence-corrected chi connectivity index (χ3v) is 6.61. The van der Waals surface area contributed by atoms with Crippen molar-refractivity contribution in [2.45, 2.75) is 31.6 Å². The van der Waals surface area contributed by atoms with Crippen LogP contribution in [0.1, 0.15) is 26.7 Å². The van der Waals surface area contributed by atoms with Gasteiger partial charge in [0.15, 0.2) is 0 Å². The third kappa shape index (κ3) is 5.55. The number of anilines is 3. The van der Waals surface area contributed by atoms with Crippen LogP contribution >= 0.6 is 11.9 Å². The van der Waals surface area contributed by atoms with E-state index in [9.17, 15) is 9.59 Å². The lowest BCUT2D eigenvalue weighted by molar-refractivity contribution is -0.120. The maximum Gasteiger partial charge on any atom is 0.276 e. The van der Waals surface area contributed by atoms with Gasteiger partial charge in [-0.15, -0.1) is 0 Å². The van der Waals surface area contributed by atoms with Crippen LogP contribution < -0.4 is 15.4 Å². The number of aromatic nitrogens is 3. The van der Waals surface area contributed by atoms with Crippen molar-refractivity contribution in [1.82, 2.24) is 15.1 Å². The fourth-order valence-electron chi connectivity index (χ4n) is 3.40. The van der Waals surface area contributed by atoms with Gasteiger partial charge in [-0.1, -0.05) is 24.2 Å². The van der Waals surface area contributed by atoms with E-state index in [1.54, 1.807) is 18.2 Å². The van der Waals surface area contributed by atoms with E-state index in [1.807, 2.05) is 55.5 Å². The Balaban J connectivity index is 1.21. The maximum absolute atomic E-state index is 12.3. The lowest BCUT2D eigenvalue weighted by atomic mass is 10.1. The standard InChI is InChI=1S/C26H24N6O3S/c1-16(33)27-22-8-4-7-21(29-22)24-30-23(31-35-24)17-9-11-20(12-10-17)36-32-19-6-3-5-18(15-19)28-25(34)26(2)13-14-26/h3-12,15,32H,13-14H2,1-2H3,(H,28,34)(H,27,29,33). The van der Waals surface area contributed by atoms with Gasteiger partial charge in [0.2, 0.25) is 17.6 Å². The molecule has 0 radical (unpaired) electrons. The second-order valence-electron chi connectivity index (χ2n) is 8.84. The lowest BCUT2D eigenvalue weighted by Crippen LogP contribution is -2.21. The summed E-state index contributed by atoms with van der Waals surface area (Å²) in [6.07, 6.45) is 1.88. The fraction of sp³-hybridized carbons (Fsp3) is 0.192. The lowest BCUT2D eigenvalue weighted by Gasteiger charge is -2.12. The quantitative estimate of drug-likeness (QED) is 0.267. The van der Waals surface area contributed by atoms with Crippen molar-refractivity contribution in [3.63, 3.8) is 0 Å². The zero-order valence-corrected chi connectivity index (χ0v) is 20.6. The highest BCUT2D eigenvalue weighted by molar-refractivity contribution is 8.00. The minimum absolute atomic E-state index is 0.0729. The number of carbonyl (C=O) groups excluding carboxylic acids is 2. The summed E-state index contributed by atoms with van der Waals surface area (Å²) in [7, 11) is 0. The minimum atomic E-state index is -0.216. The second-order valence-corrected chi connectivity index (χ2v) is 9.72. The van der Waals surface area contributed by atoms with E-state index >= 15 is 0 Å². The molecule has 36 heavy (non-hydrogen) atoms. The van der Waals surface area contributed by atoms with Gasteiger partial charge in [0.1, 0.15) is 11.5 Å². The van der Waals surface area contributed by atoms with E-state index in [0.717, 1.165) is 34.7 Å². The molecule has 5 rings (SSSR count). The SMILES string of the molecule is CC(=O)Nc1cccc(-c2nc(-c3ccc(SNc4cccc(NC(=O)C5(C)CC5)c4)cc3)no2)n1. The molecule has 0 atom stereocenters. The summed E-state index contributed by atoms with van der Waals surface area (Å²) in [5.74, 6) is 0.984. The number of pyridine rings is 1. The van der Waals surface area contributed by atoms with Crippen LogP contribution in [0.2, 0.25) is 0 Å². The number of benzene rings is 2. The van der Waals surface area contributed by atoms with Crippen LogP contribution in [0.15, 0.2) is 76.1 Å². The van der Waals surface area contributed by atoms with E-state index in [0.29, 0.717) is 17.3 Å². The monoisotopic (exact) mass is 500 g/mol. The van der Waals surface area contributed by atoms with E-state index in [2.05, 4.69) is 30.5 Å². The van der Waals surface area contributed by atoms with Crippen molar-refractivity contribution in [2.24, 2.45) is 5.41 Å². The number of carbonyl (C=O) groups is 2. The van der Waals surface area contributed by atoms with Crippen molar-refractivity contribution in [1.29, 1.82) is 0 Å². The van der Waals surface area contributed by atoms with Crippen molar-refractivity contribution >= 4 is 41.0 Å². The first-order valence-electron chi connectivity index (χ1n) is 11.4. The summed E-state index contributed by atoms with van der Waals surface area (Å²) in [5, 5.41) is 9.70. The van der Waals surface area contributed by atoms with Crippen molar-refractivity contribution in [3.05, 3.63) is 66.7 Å². The number of nitrogens with one attached hydrogen (secondary N) is 3. The zero-order chi connectivity index (χ0) is 25.1. The molecule has 2 aromatic heterocycles. The Hall–Kier alpha value is -4.18. The molecule has 4 aromatic rings. The van der Waals surface area contributed by atoms with Gasteiger partial charge < -0.3 is 19.9 Å². The Kier molecular flexibility index (Phi) is 6.43. The molecule has 0 unspecified atom stereocenters. The van der Waals surface area contributed by atoms with E-state index < -0.39 is 0 Å².